The van der Waals surface area contributed by atoms with Gasteiger partial charge >= 0.3 is 0 Å². The van der Waals surface area contributed by atoms with Crippen LogP contribution in [0, 0.1) is 6.92 Å². The maximum atomic E-state index is 12.5. The van der Waals surface area contributed by atoms with E-state index in [0.717, 1.165) is 24.2 Å². The summed E-state index contributed by atoms with van der Waals surface area (Å²) in [5, 5.41) is 6.63. The third-order valence-corrected chi connectivity index (χ3v) is 3.98. The second-order valence-corrected chi connectivity index (χ2v) is 5.87. The molecule has 25 heavy (non-hydrogen) atoms. The molecule has 1 aromatic carbocycles. The van der Waals surface area contributed by atoms with Crippen molar-refractivity contribution in [3.8, 4) is 5.75 Å². The highest BCUT2D eigenvalue weighted by molar-refractivity contribution is 6.31. The lowest BCUT2D eigenvalue weighted by atomic mass is 10.2. The normalized spacial score (nSPS) is 10.4. The van der Waals surface area contributed by atoms with E-state index in [-0.39, 0.29) is 5.91 Å². The Labute approximate surface area is 152 Å². The van der Waals surface area contributed by atoms with Gasteiger partial charge in [0.25, 0.3) is 5.91 Å². The number of methoxy groups -OCH3 is 2. The van der Waals surface area contributed by atoms with Crippen LogP contribution in [0.1, 0.15) is 22.5 Å². The summed E-state index contributed by atoms with van der Waals surface area (Å²) in [7, 11) is 3.20. The molecule has 0 saturated heterocycles. The Morgan fingerprint density at radius 2 is 2.08 bits per heavy atom. The number of pyridine rings is 1. The highest BCUT2D eigenvalue weighted by Crippen LogP contribution is 2.31. The SMILES string of the molecule is COCCCNc1ccnc(C(=O)Nc2cc(C)c(Cl)cc2OC)c1. The minimum absolute atomic E-state index is 0.311. The number of aryl methyl sites for hydroxylation is 1. The molecule has 2 N–H and O–H groups in total. The predicted molar refractivity (Wildman–Crippen MR) is 99.9 cm³/mol. The molecule has 0 unspecified atom stereocenters. The maximum absolute atomic E-state index is 12.5. The van der Waals surface area contributed by atoms with Gasteiger partial charge in [0.05, 0.1) is 12.8 Å². The molecule has 0 atom stereocenters. The summed E-state index contributed by atoms with van der Waals surface area (Å²) < 4.78 is 10.3. The standard InChI is InChI=1S/C18H22ClN3O3/c1-12-9-15(17(25-3)11-14(12)19)22-18(23)16-10-13(5-7-21-16)20-6-4-8-24-2/h5,7,9-11H,4,6,8H2,1-3H3,(H,20,21)(H,22,23). The lowest BCUT2D eigenvalue weighted by Crippen LogP contribution is -2.15. The second kappa shape index (κ2) is 9.25. The van der Waals surface area contributed by atoms with E-state index < -0.39 is 0 Å². The molecule has 0 aliphatic carbocycles. The van der Waals surface area contributed by atoms with Gasteiger partial charge in [-0.15, -0.1) is 0 Å². The van der Waals surface area contributed by atoms with E-state index in [4.69, 9.17) is 21.1 Å². The Balaban J connectivity index is 2.09. The van der Waals surface area contributed by atoms with Gasteiger partial charge in [-0.2, -0.15) is 0 Å². The molecule has 0 bridgehead atoms. The fourth-order valence-corrected chi connectivity index (χ4v) is 2.38. The van der Waals surface area contributed by atoms with Crippen molar-refractivity contribution in [1.82, 2.24) is 4.98 Å². The number of hydrogen-bond acceptors (Lipinski definition) is 5. The third-order valence-electron chi connectivity index (χ3n) is 3.58. The Morgan fingerprint density at radius 3 is 2.80 bits per heavy atom. The van der Waals surface area contributed by atoms with Crippen LogP contribution >= 0.6 is 11.6 Å². The maximum Gasteiger partial charge on any atom is 0.274 e. The number of amides is 1. The number of ether oxygens (including phenoxy) is 2. The van der Waals surface area contributed by atoms with E-state index in [9.17, 15) is 4.79 Å². The monoisotopic (exact) mass is 363 g/mol. The van der Waals surface area contributed by atoms with Crippen molar-refractivity contribution < 1.29 is 14.3 Å². The lowest BCUT2D eigenvalue weighted by molar-refractivity contribution is 0.102. The van der Waals surface area contributed by atoms with Crippen LogP contribution in [0.2, 0.25) is 5.02 Å². The van der Waals surface area contributed by atoms with E-state index in [0.29, 0.717) is 28.8 Å². The van der Waals surface area contributed by atoms with Crippen molar-refractivity contribution >= 4 is 28.9 Å². The van der Waals surface area contributed by atoms with Crippen molar-refractivity contribution in [1.29, 1.82) is 0 Å². The molecule has 1 aromatic heterocycles. The number of halogens is 1. The number of anilines is 2. The van der Waals surface area contributed by atoms with Crippen LogP contribution in [0.3, 0.4) is 0 Å². The number of benzene rings is 1. The van der Waals surface area contributed by atoms with Crippen LogP contribution in [0.25, 0.3) is 0 Å². The van der Waals surface area contributed by atoms with Gasteiger partial charge in [0.1, 0.15) is 11.4 Å². The number of nitrogens with zero attached hydrogens (tertiary/aromatic N) is 1. The lowest BCUT2D eigenvalue weighted by Gasteiger charge is -2.12. The molecule has 1 heterocycles. The van der Waals surface area contributed by atoms with Gasteiger partial charge in [0.2, 0.25) is 0 Å². The van der Waals surface area contributed by atoms with Gasteiger partial charge in [-0.1, -0.05) is 11.6 Å². The molecule has 7 heteroatoms. The van der Waals surface area contributed by atoms with Crippen LogP contribution in [0.15, 0.2) is 30.5 Å². The van der Waals surface area contributed by atoms with Crippen molar-refractivity contribution in [3.63, 3.8) is 0 Å². The summed E-state index contributed by atoms with van der Waals surface area (Å²) in [5.41, 5.74) is 2.54. The van der Waals surface area contributed by atoms with E-state index >= 15 is 0 Å². The molecule has 2 aromatic rings. The van der Waals surface area contributed by atoms with Crippen LogP contribution in [0.4, 0.5) is 11.4 Å². The summed E-state index contributed by atoms with van der Waals surface area (Å²) in [6.45, 7) is 3.30. The van der Waals surface area contributed by atoms with Crippen LogP contribution in [-0.4, -0.2) is 38.3 Å². The molecule has 0 aliphatic rings. The first-order valence-corrected chi connectivity index (χ1v) is 8.27. The van der Waals surface area contributed by atoms with E-state index in [1.54, 1.807) is 31.5 Å². The largest absolute Gasteiger partial charge is 0.495 e. The summed E-state index contributed by atoms with van der Waals surface area (Å²) >= 11 is 6.09. The Hall–Kier alpha value is -2.31. The quantitative estimate of drug-likeness (QED) is 0.699. The second-order valence-electron chi connectivity index (χ2n) is 5.46. The predicted octanol–water partition coefficient (Wildman–Crippen LogP) is 3.75. The van der Waals surface area contributed by atoms with Crippen molar-refractivity contribution in [2.45, 2.75) is 13.3 Å². The fraction of sp³-hybridized carbons (Fsp3) is 0.333. The molecule has 6 nitrogen and oxygen atoms in total. The molecule has 0 radical (unpaired) electrons. The highest BCUT2D eigenvalue weighted by atomic mass is 35.5. The first-order chi connectivity index (χ1) is 12.0. The topological polar surface area (TPSA) is 72.5 Å². The van der Waals surface area contributed by atoms with Crippen molar-refractivity contribution in [3.05, 3.63) is 46.7 Å². The molecule has 0 fully saturated rings. The average Bonchev–Trinajstić information content (AvgIpc) is 2.62. The van der Waals surface area contributed by atoms with Gasteiger partial charge in [-0.05, 0) is 37.1 Å². The van der Waals surface area contributed by atoms with Crippen molar-refractivity contribution in [2.75, 3.05) is 38.0 Å². The molecule has 134 valence electrons. The summed E-state index contributed by atoms with van der Waals surface area (Å²) in [5.74, 6) is 0.179. The third kappa shape index (κ3) is 5.34. The van der Waals surface area contributed by atoms with Gasteiger partial charge in [-0.3, -0.25) is 9.78 Å². The highest BCUT2D eigenvalue weighted by Gasteiger charge is 2.13. The van der Waals surface area contributed by atoms with Crippen LogP contribution < -0.4 is 15.4 Å². The molecular formula is C18H22ClN3O3. The van der Waals surface area contributed by atoms with Gasteiger partial charge in [0, 0.05) is 43.2 Å². The Morgan fingerprint density at radius 1 is 1.28 bits per heavy atom. The first kappa shape index (κ1) is 19.0. The zero-order valence-corrected chi connectivity index (χ0v) is 15.3. The summed E-state index contributed by atoms with van der Waals surface area (Å²) in [4.78, 5) is 16.6. The fourth-order valence-electron chi connectivity index (χ4n) is 2.23. The number of rotatable bonds is 8. The number of aromatic nitrogens is 1. The summed E-state index contributed by atoms with van der Waals surface area (Å²) in [6, 6.07) is 6.97. The van der Waals surface area contributed by atoms with Gasteiger partial charge in [-0.25, -0.2) is 0 Å². The number of nitrogens with one attached hydrogen (secondary N) is 2. The average molecular weight is 364 g/mol. The molecule has 0 spiro atoms. The van der Waals surface area contributed by atoms with Crippen molar-refractivity contribution in [2.24, 2.45) is 0 Å². The Bertz CT molecular complexity index is 738. The molecule has 1 amide bonds. The van der Waals surface area contributed by atoms with E-state index in [1.807, 2.05) is 13.0 Å². The smallest absolute Gasteiger partial charge is 0.274 e. The van der Waals surface area contributed by atoms with Crippen LogP contribution in [-0.2, 0) is 4.74 Å². The zero-order chi connectivity index (χ0) is 18.2. The minimum atomic E-state index is -0.319. The first-order valence-electron chi connectivity index (χ1n) is 7.89. The molecule has 0 aliphatic heterocycles. The molecule has 0 saturated carbocycles. The zero-order valence-electron chi connectivity index (χ0n) is 14.6. The number of carbonyl (C=O) groups excluding carboxylic acids is 1. The van der Waals surface area contributed by atoms with Gasteiger partial charge < -0.3 is 20.1 Å². The summed E-state index contributed by atoms with van der Waals surface area (Å²) in [6.07, 6.45) is 2.47. The Kier molecular flexibility index (Phi) is 7.03. The molecule has 2 rings (SSSR count). The van der Waals surface area contributed by atoms with E-state index in [1.165, 1.54) is 7.11 Å². The van der Waals surface area contributed by atoms with Gasteiger partial charge in [0.15, 0.2) is 0 Å². The minimum Gasteiger partial charge on any atom is -0.495 e. The number of hydrogen-bond donors (Lipinski definition) is 2. The van der Waals surface area contributed by atoms with Crippen LogP contribution in [0.5, 0.6) is 5.75 Å². The molecular weight excluding hydrogens is 342 g/mol. The van der Waals surface area contributed by atoms with E-state index in [2.05, 4.69) is 15.6 Å². The number of carbonyl (C=O) groups is 1.